The highest BCUT2D eigenvalue weighted by Gasteiger charge is 2.52. The van der Waals surface area contributed by atoms with Crippen molar-refractivity contribution in [3.63, 3.8) is 0 Å². The Kier molecular flexibility index (Phi) is 5.86. The number of nitrogens with one attached hydrogen (secondary N) is 3. The molecule has 1 aromatic rings. The van der Waals surface area contributed by atoms with E-state index in [1.807, 2.05) is 30.1 Å². The molecule has 4 heterocycles. The van der Waals surface area contributed by atoms with Gasteiger partial charge in [0, 0.05) is 31.6 Å². The number of fused-ring (bicyclic) bond motifs is 1. The number of hydrogen-bond acceptors (Lipinski definition) is 8. The van der Waals surface area contributed by atoms with Gasteiger partial charge in [-0.3, -0.25) is 15.0 Å². The van der Waals surface area contributed by atoms with Crippen molar-refractivity contribution in [2.24, 2.45) is 17.1 Å². The molecule has 10 heteroatoms. The fraction of sp³-hybridized carbons (Fsp3) is 0.682. The summed E-state index contributed by atoms with van der Waals surface area (Å²) in [5, 5.41) is 4.16. The zero-order chi connectivity index (χ0) is 22.6. The summed E-state index contributed by atoms with van der Waals surface area (Å²) in [4.78, 5) is 17.7. The average Bonchev–Trinajstić information content (AvgIpc) is 3.34. The van der Waals surface area contributed by atoms with Crippen LogP contribution >= 0.6 is 11.6 Å². The fourth-order valence-corrected chi connectivity index (χ4v) is 6.16. The lowest BCUT2D eigenvalue weighted by Gasteiger charge is -2.49. The largest absolute Gasteiger partial charge is 0.495 e. The number of likely N-dealkylation sites (tertiary alicyclic amines) is 1. The summed E-state index contributed by atoms with van der Waals surface area (Å²) in [6.45, 7) is 4.53. The van der Waals surface area contributed by atoms with Crippen LogP contribution < -0.4 is 26.6 Å². The molecule has 4 fully saturated rings. The van der Waals surface area contributed by atoms with Gasteiger partial charge in [-0.15, -0.1) is 0 Å². The number of carbonyl (C=O) groups is 1. The molecule has 5 rings (SSSR count). The van der Waals surface area contributed by atoms with Crippen LogP contribution in [0.25, 0.3) is 0 Å². The summed E-state index contributed by atoms with van der Waals surface area (Å²) in [5.41, 5.74) is 13.9. The third-order valence-corrected chi connectivity index (χ3v) is 8.38. The molecule has 6 atom stereocenters. The molecule has 4 aliphatic rings. The van der Waals surface area contributed by atoms with Crippen LogP contribution in [0.5, 0.6) is 5.75 Å². The molecule has 1 spiro atoms. The summed E-state index contributed by atoms with van der Waals surface area (Å²) in [7, 11) is 3.46. The van der Waals surface area contributed by atoms with E-state index in [9.17, 15) is 4.79 Å². The van der Waals surface area contributed by atoms with Gasteiger partial charge in [-0.05, 0) is 31.4 Å². The predicted molar refractivity (Wildman–Crippen MR) is 121 cm³/mol. The van der Waals surface area contributed by atoms with E-state index in [-0.39, 0.29) is 47.9 Å². The summed E-state index contributed by atoms with van der Waals surface area (Å²) >= 11 is 6.57. The van der Waals surface area contributed by atoms with Gasteiger partial charge in [-0.2, -0.15) is 0 Å². The Balaban J connectivity index is 1.30. The van der Waals surface area contributed by atoms with Gasteiger partial charge in [-0.1, -0.05) is 23.7 Å². The average molecular weight is 465 g/mol. The Morgan fingerprint density at radius 1 is 1.28 bits per heavy atom. The number of ether oxygens (including phenoxy) is 2. The van der Waals surface area contributed by atoms with Crippen LogP contribution in [-0.4, -0.2) is 74.2 Å². The number of hydrogen-bond donors (Lipinski definition) is 4. The Bertz CT molecular complexity index is 879. The maximum atomic E-state index is 13.5. The van der Waals surface area contributed by atoms with E-state index in [1.54, 1.807) is 7.11 Å². The third kappa shape index (κ3) is 3.42. The molecule has 1 aromatic carbocycles. The molecule has 0 saturated carbocycles. The molecule has 5 N–H and O–H groups in total. The van der Waals surface area contributed by atoms with E-state index in [0.29, 0.717) is 10.8 Å². The highest BCUT2D eigenvalue weighted by molar-refractivity contribution is 6.32. The second kappa shape index (κ2) is 8.39. The van der Waals surface area contributed by atoms with Crippen molar-refractivity contribution >= 4 is 17.5 Å². The highest BCUT2D eigenvalue weighted by Crippen LogP contribution is 2.43. The minimum Gasteiger partial charge on any atom is -0.495 e. The monoisotopic (exact) mass is 464 g/mol. The Morgan fingerprint density at radius 2 is 2.03 bits per heavy atom. The minimum atomic E-state index is -0.325. The van der Waals surface area contributed by atoms with Gasteiger partial charge in [0.1, 0.15) is 12.0 Å². The number of halogens is 1. The molecule has 0 radical (unpaired) electrons. The second-order valence-electron chi connectivity index (χ2n) is 9.56. The number of benzene rings is 1. The molecule has 4 unspecified atom stereocenters. The van der Waals surface area contributed by atoms with E-state index in [0.717, 1.165) is 38.1 Å². The zero-order valence-electron chi connectivity index (χ0n) is 18.8. The molecule has 1 amide bonds. The van der Waals surface area contributed by atoms with Crippen molar-refractivity contribution in [3.8, 4) is 5.75 Å². The molecule has 176 valence electrons. The molecular weight excluding hydrogens is 432 g/mol. The smallest absolute Gasteiger partial charge is 0.232 e. The molecule has 0 aliphatic carbocycles. The number of nitrogens with two attached hydrogens (primary N) is 1. The summed E-state index contributed by atoms with van der Waals surface area (Å²) in [5.74, 6) is 0.354. The first kappa shape index (κ1) is 22.3. The van der Waals surface area contributed by atoms with Gasteiger partial charge in [0.2, 0.25) is 5.91 Å². The van der Waals surface area contributed by atoms with Crippen LogP contribution in [0, 0.1) is 11.3 Å². The number of piperidine rings is 1. The molecule has 4 saturated heterocycles. The van der Waals surface area contributed by atoms with Gasteiger partial charge in [0.25, 0.3) is 0 Å². The molecule has 0 aromatic heterocycles. The van der Waals surface area contributed by atoms with Gasteiger partial charge < -0.3 is 20.1 Å². The van der Waals surface area contributed by atoms with Crippen LogP contribution in [0.2, 0.25) is 5.02 Å². The Morgan fingerprint density at radius 3 is 2.69 bits per heavy atom. The quantitative estimate of drug-likeness (QED) is 0.516. The van der Waals surface area contributed by atoms with Crippen molar-refractivity contribution in [1.82, 2.24) is 26.0 Å². The third-order valence-electron chi connectivity index (χ3n) is 7.98. The second-order valence-corrected chi connectivity index (χ2v) is 9.94. The molecule has 0 bridgehead atoms. The van der Waals surface area contributed by atoms with Gasteiger partial charge in [-0.25, -0.2) is 10.9 Å². The molecular formula is C22H33ClN6O3. The van der Waals surface area contributed by atoms with Crippen LogP contribution in [-0.2, 0) is 9.53 Å². The zero-order valence-corrected chi connectivity index (χ0v) is 19.6. The lowest BCUT2D eigenvalue weighted by molar-refractivity contribution is -0.151. The van der Waals surface area contributed by atoms with Crippen molar-refractivity contribution < 1.29 is 14.3 Å². The van der Waals surface area contributed by atoms with E-state index >= 15 is 0 Å². The SMILES string of the molecule is COc1cccc(C2NNC3NC(N4CCC5(CC4)CO[C@@H](C)[C@H]5N)N(C)C(=O)C32)c1Cl. The van der Waals surface area contributed by atoms with Gasteiger partial charge in [0.05, 0.1) is 43.0 Å². The summed E-state index contributed by atoms with van der Waals surface area (Å²) < 4.78 is 11.2. The maximum Gasteiger partial charge on any atom is 0.232 e. The summed E-state index contributed by atoms with van der Waals surface area (Å²) in [6.07, 6.45) is 1.67. The fourth-order valence-electron chi connectivity index (χ4n) is 5.84. The normalized spacial score (nSPS) is 37.2. The highest BCUT2D eigenvalue weighted by atomic mass is 35.5. The van der Waals surface area contributed by atoms with Crippen molar-refractivity contribution in [3.05, 3.63) is 28.8 Å². The maximum absolute atomic E-state index is 13.5. The lowest BCUT2D eigenvalue weighted by Crippen LogP contribution is -2.70. The lowest BCUT2D eigenvalue weighted by atomic mass is 9.73. The van der Waals surface area contributed by atoms with Gasteiger partial charge >= 0.3 is 0 Å². The summed E-state index contributed by atoms with van der Waals surface area (Å²) in [6, 6.07) is 5.46. The van der Waals surface area contributed by atoms with E-state index in [2.05, 4.69) is 28.0 Å². The first-order chi connectivity index (χ1) is 15.4. The van der Waals surface area contributed by atoms with Crippen LogP contribution in [0.3, 0.4) is 0 Å². The van der Waals surface area contributed by atoms with Crippen LogP contribution in [0.15, 0.2) is 18.2 Å². The van der Waals surface area contributed by atoms with E-state index in [1.165, 1.54) is 0 Å². The van der Waals surface area contributed by atoms with Crippen molar-refractivity contribution in [2.45, 2.75) is 50.4 Å². The van der Waals surface area contributed by atoms with Crippen LogP contribution in [0.4, 0.5) is 0 Å². The number of hydrazine groups is 1. The van der Waals surface area contributed by atoms with Gasteiger partial charge in [0.15, 0.2) is 0 Å². The molecule has 4 aliphatic heterocycles. The Hall–Kier alpha value is -1.46. The van der Waals surface area contributed by atoms with E-state index in [4.69, 9.17) is 26.8 Å². The predicted octanol–water partition coefficient (Wildman–Crippen LogP) is 0.613. The first-order valence-corrected chi connectivity index (χ1v) is 11.7. The number of rotatable bonds is 3. The van der Waals surface area contributed by atoms with Crippen LogP contribution in [0.1, 0.15) is 31.4 Å². The Labute approximate surface area is 193 Å². The number of carbonyl (C=O) groups excluding carboxylic acids is 1. The molecule has 9 nitrogen and oxygen atoms in total. The molecule has 32 heavy (non-hydrogen) atoms. The van der Waals surface area contributed by atoms with Crippen molar-refractivity contribution in [2.75, 3.05) is 33.9 Å². The minimum absolute atomic E-state index is 0.0527. The number of methoxy groups -OCH3 is 1. The van der Waals surface area contributed by atoms with Crippen molar-refractivity contribution in [1.29, 1.82) is 0 Å². The number of nitrogens with zero attached hydrogens (tertiary/aromatic N) is 2. The standard InChI is InChI=1S/C22H33ClN6O3/c1-12-18(24)22(11-32-12)7-9-29(10-8-22)21-25-19-15(20(30)28(21)2)17(26-27-19)13-5-4-6-14(31-3)16(13)23/h4-6,12,15,17-19,21,25-27H,7-11,24H2,1-3H3/t12-,15?,17?,18+,19?,21?/m0/s1. The van der Waals surface area contributed by atoms with E-state index < -0.39 is 0 Å². The number of amides is 1. The first-order valence-electron chi connectivity index (χ1n) is 11.3. The topological polar surface area (TPSA) is 104 Å².